The number of urea groups is 1. The highest BCUT2D eigenvalue weighted by Gasteiger charge is 2.28. The molecule has 1 fully saturated rings. The van der Waals surface area contributed by atoms with Crippen LogP contribution in [-0.2, 0) is 11.3 Å². The lowest BCUT2D eigenvalue weighted by molar-refractivity contribution is -0.117. The molecule has 1 aromatic carbocycles. The average Bonchev–Trinajstić information content (AvgIpc) is 3.12. The third kappa shape index (κ3) is 3.53. The fourth-order valence-electron chi connectivity index (χ4n) is 2.68. The summed E-state index contributed by atoms with van der Waals surface area (Å²) >= 11 is 1.27. The van der Waals surface area contributed by atoms with Crippen LogP contribution in [0.2, 0.25) is 0 Å². The fourth-order valence-corrected chi connectivity index (χ4v) is 3.25. The number of nitrogens with one attached hydrogen (secondary N) is 2. The molecule has 1 aromatic heterocycles. The maximum absolute atomic E-state index is 11.9. The first-order chi connectivity index (χ1) is 11.5. The van der Waals surface area contributed by atoms with Crippen LogP contribution in [0, 0.1) is 6.92 Å². The number of hydrogen-bond acceptors (Lipinski definition) is 5. The van der Waals surface area contributed by atoms with E-state index in [-0.39, 0.29) is 18.0 Å². The second-order valence-electron chi connectivity index (χ2n) is 5.79. The molecule has 24 heavy (non-hydrogen) atoms. The van der Waals surface area contributed by atoms with Gasteiger partial charge in [0.25, 0.3) is 0 Å². The molecule has 2 aromatic rings. The molecule has 3 rings (SSSR count). The Balaban J connectivity index is 1.57. The molecule has 1 atom stereocenters. The van der Waals surface area contributed by atoms with Crippen LogP contribution < -0.4 is 15.5 Å². The normalized spacial score (nSPS) is 17.2. The SMILES string of the molecule is Cc1nnsc1CNC(=O)Nc1ccc(N2C(=O)CC[C@@H]2C)cc1. The molecule has 0 radical (unpaired) electrons. The van der Waals surface area contributed by atoms with E-state index in [4.69, 9.17) is 0 Å². The van der Waals surface area contributed by atoms with Gasteiger partial charge in [-0.2, -0.15) is 0 Å². The molecule has 8 heteroatoms. The van der Waals surface area contributed by atoms with E-state index in [2.05, 4.69) is 20.2 Å². The summed E-state index contributed by atoms with van der Waals surface area (Å²) in [6.07, 6.45) is 1.47. The maximum atomic E-state index is 11.9. The van der Waals surface area contributed by atoms with Crippen molar-refractivity contribution in [1.29, 1.82) is 0 Å². The first-order valence-electron chi connectivity index (χ1n) is 7.79. The van der Waals surface area contributed by atoms with E-state index >= 15 is 0 Å². The summed E-state index contributed by atoms with van der Waals surface area (Å²) in [6.45, 7) is 4.30. The number of anilines is 2. The number of amides is 3. The highest BCUT2D eigenvalue weighted by molar-refractivity contribution is 7.05. The van der Waals surface area contributed by atoms with Crippen molar-refractivity contribution >= 4 is 34.8 Å². The Morgan fingerprint density at radius 2 is 2.12 bits per heavy atom. The van der Waals surface area contributed by atoms with Crippen LogP contribution >= 0.6 is 11.5 Å². The Labute approximate surface area is 144 Å². The highest BCUT2D eigenvalue weighted by atomic mass is 32.1. The topological polar surface area (TPSA) is 87.2 Å². The molecule has 2 heterocycles. The molecule has 7 nitrogen and oxygen atoms in total. The largest absolute Gasteiger partial charge is 0.333 e. The highest BCUT2D eigenvalue weighted by Crippen LogP contribution is 2.27. The molecule has 126 valence electrons. The lowest BCUT2D eigenvalue weighted by Crippen LogP contribution is -2.30. The van der Waals surface area contributed by atoms with Crippen molar-refractivity contribution in [2.45, 2.75) is 39.3 Å². The van der Waals surface area contributed by atoms with Gasteiger partial charge < -0.3 is 15.5 Å². The smallest absolute Gasteiger partial charge is 0.319 e. The van der Waals surface area contributed by atoms with Crippen molar-refractivity contribution in [2.75, 3.05) is 10.2 Å². The molecule has 0 unspecified atom stereocenters. The van der Waals surface area contributed by atoms with Gasteiger partial charge in [-0.15, -0.1) is 5.10 Å². The number of rotatable bonds is 4. The zero-order chi connectivity index (χ0) is 17.1. The van der Waals surface area contributed by atoms with Gasteiger partial charge in [-0.1, -0.05) is 4.49 Å². The first kappa shape index (κ1) is 16.4. The fraction of sp³-hybridized carbons (Fsp3) is 0.375. The van der Waals surface area contributed by atoms with E-state index < -0.39 is 0 Å². The summed E-state index contributed by atoms with van der Waals surface area (Å²) in [6, 6.07) is 7.23. The molecular weight excluding hydrogens is 326 g/mol. The predicted molar refractivity (Wildman–Crippen MR) is 93.1 cm³/mol. The van der Waals surface area contributed by atoms with Crippen molar-refractivity contribution in [2.24, 2.45) is 0 Å². The number of benzene rings is 1. The van der Waals surface area contributed by atoms with Crippen LogP contribution in [0.1, 0.15) is 30.3 Å². The maximum Gasteiger partial charge on any atom is 0.319 e. The Hall–Kier alpha value is -2.48. The van der Waals surface area contributed by atoms with E-state index in [9.17, 15) is 9.59 Å². The van der Waals surface area contributed by atoms with Crippen LogP contribution in [0.5, 0.6) is 0 Å². The van der Waals surface area contributed by atoms with Gasteiger partial charge in [0, 0.05) is 23.8 Å². The Bertz CT molecular complexity index is 743. The van der Waals surface area contributed by atoms with E-state index in [1.807, 2.05) is 30.9 Å². The molecule has 0 bridgehead atoms. The standard InChI is InChI=1S/C16H19N5O2S/c1-10-3-8-15(22)21(10)13-6-4-12(5-7-13)18-16(23)17-9-14-11(2)19-20-24-14/h4-7,10H,3,8-9H2,1-2H3,(H2,17,18,23)/t10-/m0/s1. The summed E-state index contributed by atoms with van der Waals surface area (Å²) in [4.78, 5) is 26.6. The summed E-state index contributed by atoms with van der Waals surface area (Å²) in [5.41, 5.74) is 2.37. The Morgan fingerprint density at radius 1 is 1.38 bits per heavy atom. The van der Waals surface area contributed by atoms with E-state index in [0.29, 0.717) is 18.7 Å². The van der Waals surface area contributed by atoms with Gasteiger partial charge in [-0.3, -0.25) is 4.79 Å². The van der Waals surface area contributed by atoms with Crippen molar-refractivity contribution in [1.82, 2.24) is 14.9 Å². The summed E-state index contributed by atoms with van der Waals surface area (Å²) in [5, 5.41) is 9.45. The quantitative estimate of drug-likeness (QED) is 0.892. The van der Waals surface area contributed by atoms with Crippen LogP contribution in [0.3, 0.4) is 0 Å². The molecule has 0 aliphatic carbocycles. The van der Waals surface area contributed by atoms with Gasteiger partial charge in [0.2, 0.25) is 5.91 Å². The van der Waals surface area contributed by atoms with Crippen molar-refractivity contribution < 1.29 is 9.59 Å². The van der Waals surface area contributed by atoms with Crippen LogP contribution in [0.4, 0.5) is 16.2 Å². The lowest BCUT2D eigenvalue weighted by Gasteiger charge is -2.22. The van der Waals surface area contributed by atoms with Gasteiger partial charge in [0.05, 0.1) is 17.1 Å². The van der Waals surface area contributed by atoms with Gasteiger partial charge in [-0.05, 0) is 56.1 Å². The summed E-state index contributed by atoms with van der Waals surface area (Å²) in [7, 11) is 0. The zero-order valence-electron chi connectivity index (χ0n) is 13.6. The average molecular weight is 345 g/mol. The van der Waals surface area contributed by atoms with Crippen molar-refractivity contribution in [3.05, 3.63) is 34.8 Å². The third-order valence-corrected chi connectivity index (χ3v) is 4.87. The van der Waals surface area contributed by atoms with Crippen molar-refractivity contribution in [3.63, 3.8) is 0 Å². The Kier molecular flexibility index (Phi) is 4.75. The molecule has 0 spiro atoms. The minimum absolute atomic E-state index is 0.148. The molecule has 1 aliphatic rings. The minimum Gasteiger partial charge on any atom is -0.333 e. The van der Waals surface area contributed by atoms with Gasteiger partial charge in [0.1, 0.15) is 0 Å². The molecule has 0 saturated carbocycles. The van der Waals surface area contributed by atoms with Gasteiger partial charge in [-0.25, -0.2) is 4.79 Å². The van der Waals surface area contributed by atoms with Crippen LogP contribution in [0.15, 0.2) is 24.3 Å². The third-order valence-electron chi connectivity index (χ3n) is 4.04. The number of aromatic nitrogens is 2. The number of nitrogens with zero attached hydrogens (tertiary/aromatic N) is 3. The number of aryl methyl sites for hydroxylation is 1. The number of hydrogen-bond donors (Lipinski definition) is 2. The van der Waals surface area contributed by atoms with Crippen molar-refractivity contribution in [3.8, 4) is 0 Å². The van der Waals surface area contributed by atoms with Gasteiger partial charge >= 0.3 is 6.03 Å². The second kappa shape index (κ2) is 6.96. The molecule has 2 N–H and O–H groups in total. The number of carbonyl (C=O) groups excluding carboxylic acids is 2. The molecule has 3 amide bonds. The second-order valence-corrected chi connectivity index (χ2v) is 6.63. The van der Waals surface area contributed by atoms with Crippen LogP contribution in [-0.4, -0.2) is 27.6 Å². The van der Waals surface area contributed by atoms with E-state index in [1.54, 1.807) is 12.1 Å². The van der Waals surface area contributed by atoms with Crippen LogP contribution in [0.25, 0.3) is 0 Å². The monoisotopic (exact) mass is 345 g/mol. The molecule has 1 aliphatic heterocycles. The molecule has 1 saturated heterocycles. The number of carbonyl (C=O) groups is 2. The zero-order valence-corrected chi connectivity index (χ0v) is 14.4. The first-order valence-corrected chi connectivity index (χ1v) is 8.56. The minimum atomic E-state index is -0.291. The van der Waals surface area contributed by atoms with E-state index in [1.165, 1.54) is 11.5 Å². The Morgan fingerprint density at radius 3 is 2.71 bits per heavy atom. The lowest BCUT2D eigenvalue weighted by atomic mass is 10.2. The van der Waals surface area contributed by atoms with E-state index in [0.717, 1.165) is 22.7 Å². The summed E-state index contributed by atoms with van der Waals surface area (Å²) < 4.78 is 3.83. The molecular formula is C16H19N5O2S. The summed E-state index contributed by atoms with van der Waals surface area (Å²) in [5.74, 6) is 0.148. The van der Waals surface area contributed by atoms with Gasteiger partial charge in [0.15, 0.2) is 0 Å². The predicted octanol–water partition coefficient (Wildman–Crippen LogP) is 2.68.